The fraction of sp³-hybridized carbons (Fsp3) is 0.250. The van der Waals surface area contributed by atoms with Crippen LogP contribution >= 0.6 is 10.7 Å². The lowest BCUT2D eigenvalue weighted by atomic mass is 10.0. The van der Waals surface area contributed by atoms with E-state index >= 15 is 0 Å². The van der Waals surface area contributed by atoms with E-state index in [0.29, 0.717) is 29.2 Å². The summed E-state index contributed by atoms with van der Waals surface area (Å²) in [4.78, 5) is 4.07. The molecule has 94 valence electrons. The lowest BCUT2D eigenvalue weighted by Crippen LogP contribution is -2.07. The Balaban J connectivity index is 2.45. The Bertz CT molecular complexity index is 733. The molecular formula is C12H10ClNO3S. The third kappa shape index (κ3) is 1.79. The average Bonchev–Trinajstić information content (AvgIpc) is 3.06. The molecule has 1 aliphatic rings. The third-order valence-electron chi connectivity index (χ3n) is 3.23. The van der Waals surface area contributed by atoms with Gasteiger partial charge in [-0.15, -0.1) is 0 Å². The molecule has 0 unspecified atom stereocenters. The van der Waals surface area contributed by atoms with Crippen molar-refractivity contribution < 1.29 is 13.5 Å². The van der Waals surface area contributed by atoms with Crippen molar-refractivity contribution in [3.8, 4) is 0 Å². The molecule has 1 fully saturated rings. The smallest absolute Gasteiger partial charge is 0.261 e. The molecule has 3 rings (SSSR count). The summed E-state index contributed by atoms with van der Waals surface area (Å²) < 4.78 is 23.2. The molecule has 0 bridgehead atoms. The number of benzene rings is 1. The quantitative estimate of drug-likeness (QED) is 0.858. The first-order chi connectivity index (χ1) is 8.42. The molecule has 4 nitrogen and oxygen atoms in total. The second-order valence-electron chi connectivity index (χ2n) is 4.51. The van der Waals surface area contributed by atoms with E-state index in [-0.39, 0.29) is 4.90 Å². The molecule has 1 aliphatic carbocycles. The maximum absolute atomic E-state index is 11.6. The van der Waals surface area contributed by atoms with Gasteiger partial charge in [0.1, 0.15) is 0 Å². The molecular weight excluding hydrogens is 274 g/mol. The van der Waals surface area contributed by atoms with E-state index in [1.807, 2.05) is 0 Å². The topological polar surface area (TPSA) is 67.3 Å². The van der Waals surface area contributed by atoms with Crippen LogP contribution in [0.15, 0.2) is 35.5 Å². The van der Waals surface area contributed by atoms with E-state index in [9.17, 15) is 13.5 Å². The number of fused-ring (bicyclic) bond motifs is 1. The number of aromatic nitrogens is 1. The van der Waals surface area contributed by atoms with Crippen molar-refractivity contribution in [1.82, 2.24) is 4.98 Å². The Morgan fingerprint density at radius 2 is 2.00 bits per heavy atom. The molecule has 1 aromatic heterocycles. The minimum absolute atomic E-state index is 0.0272. The van der Waals surface area contributed by atoms with Crippen molar-refractivity contribution in [3.05, 3.63) is 36.2 Å². The maximum Gasteiger partial charge on any atom is 0.261 e. The van der Waals surface area contributed by atoms with Gasteiger partial charge >= 0.3 is 0 Å². The molecule has 0 amide bonds. The van der Waals surface area contributed by atoms with Crippen molar-refractivity contribution in [2.24, 2.45) is 0 Å². The molecule has 1 saturated carbocycles. The van der Waals surface area contributed by atoms with Gasteiger partial charge in [0.05, 0.1) is 10.5 Å². The van der Waals surface area contributed by atoms with Gasteiger partial charge in [0, 0.05) is 39.4 Å². The van der Waals surface area contributed by atoms with Crippen LogP contribution in [0.3, 0.4) is 0 Å². The zero-order valence-corrected chi connectivity index (χ0v) is 10.9. The van der Waals surface area contributed by atoms with Gasteiger partial charge in [-0.05, 0) is 18.9 Å². The Labute approximate surface area is 109 Å². The van der Waals surface area contributed by atoms with Crippen molar-refractivity contribution in [2.45, 2.75) is 23.3 Å². The molecule has 1 heterocycles. The third-order valence-corrected chi connectivity index (χ3v) is 4.60. The summed E-state index contributed by atoms with van der Waals surface area (Å²) in [6, 6.07) is 4.81. The lowest BCUT2D eigenvalue weighted by Gasteiger charge is -2.13. The highest BCUT2D eigenvalue weighted by Crippen LogP contribution is 2.48. The summed E-state index contributed by atoms with van der Waals surface area (Å²) in [5.41, 5.74) is -0.413. The van der Waals surface area contributed by atoms with E-state index in [1.165, 1.54) is 12.3 Å². The molecule has 0 saturated heterocycles. The second kappa shape index (κ2) is 3.66. The number of rotatable bonds is 2. The molecule has 2 aromatic rings. The van der Waals surface area contributed by atoms with Gasteiger partial charge in [-0.25, -0.2) is 8.42 Å². The number of hydrogen-bond acceptors (Lipinski definition) is 4. The van der Waals surface area contributed by atoms with E-state index in [1.54, 1.807) is 18.3 Å². The van der Waals surface area contributed by atoms with E-state index in [4.69, 9.17) is 10.7 Å². The predicted octanol–water partition coefficient (Wildman–Crippen LogP) is 2.14. The van der Waals surface area contributed by atoms with Crippen molar-refractivity contribution in [1.29, 1.82) is 0 Å². The van der Waals surface area contributed by atoms with Gasteiger partial charge in [0.2, 0.25) is 0 Å². The van der Waals surface area contributed by atoms with Crippen LogP contribution in [-0.4, -0.2) is 18.5 Å². The largest absolute Gasteiger partial charge is 0.385 e. The molecule has 0 aliphatic heterocycles. The monoisotopic (exact) mass is 283 g/mol. The molecule has 1 aromatic carbocycles. The fourth-order valence-corrected chi connectivity index (χ4v) is 3.24. The maximum atomic E-state index is 11.6. The standard InChI is InChI=1S/C12H10ClNO3S/c13-18(16,17)10-3-1-2-8-6-14-7-9(11(8)10)12(15)4-5-12/h1-3,6-7,15H,4-5H2. The molecule has 1 N–H and O–H groups in total. The van der Waals surface area contributed by atoms with Crippen LogP contribution in [0.2, 0.25) is 0 Å². The zero-order valence-electron chi connectivity index (χ0n) is 9.30. The molecule has 6 heteroatoms. The first-order valence-corrected chi connectivity index (χ1v) is 7.77. The predicted molar refractivity (Wildman–Crippen MR) is 67.9 cm³/mol. The number of aliphatic hydroxyl groups is 1. The van der Waals surface area contributed by atoms with Crippen LogP contribution in [0.1, 0.15) is 18.4 Å². The van der Waals surface area contributed by atoms with E-state index in [0.717, 1.165) is 0 Å². The summed E-state index contributed by atoms with van der Waals surface area (Å²) in [5.74, 6) is 0. The van der Waals surface area contributed by atoms with Crippen LogP contribution < -0.4 is 0 Å². The van der Waals surface area contributed by atoms with Gasteiger partial charge in [0.15, 0.2) is 0 Å². The van der Waals surface area contributed by atoms with Gasteiger partial charge in [-0.2, -0.15) is 0 Å². The van der Waals surface area contributed by atoms with Crippen LogP contribution in [0.4, 0.5) is 0 Å². The molecule has 0 spiro atoms. The van der Waals surface area contributed by atoms with E-state index in [2.05, 4.69) is 4.98 Å². The van der Waals surface area contributed by atoms with Crippen LogP contribution in [0.25, 0.3) is 10.8 Å². The highest BCUT2D eigenvalue weighted by atomic mass is 35.7. The highest BCUT2D eigenvalue weighted by Gasteiger charge is 2.44. The lowest BCUT2D eigenvalue weighted by molar-refractivity contribution is 0.152. The summed E-state index contributed by atoms with van der Waals surface area (Å²) in [7, 11) is 1.60. The van der Waals surface area contributed by atoms with Crippen LogP contribution in [-0.2, 0) is 14.7 Å². The minimum Gasteiger partial charge on any atom is -0.385 e. The highest BCUT2D eigenvalue weighted by molar-refractivity contribution is 8.14. The van der Waals surface area contributed by atoms with Crippen LogP contribution in [0, 0.1) is 0 Å². The van der Waals surface area contributed by atoms with E-state index < -0.39 is 14.7 Å². The second-order valence-corrected chi connectivity index (χ2v) is 7.05. The SMILES string of the molecule is O=S(=O)(Cl)c1cccc2cncc(C3(O)CC3)c12. The molecule has 0 atom stereocenters. The molecule has 0 radical (unpaired) electrons. The first-order valence-electron chi connectivity index (χ1n) is 5.46. The fourth-order valence-electron chi connectivity index (χ4n) is 2.14. The van der Waals surface area contributed by atoms with Gasteiger partial charge in [-0.1, -0.05) is 12.1 Å². The Morgan fingerprint density at radius 1 is 1.28 bits per heavy atom. The Kier molecular flexibility index (Phi) is 2.42. The first kappa shape index (κ1) is 11.9. The van der Waals surface area contributed by atoms with Gasteiger partial charge in [-0.3, -0.25) is 4.98 Å². The van der Waals surface area contributed by atoms with Gasteiger partial charge < -0.3 is 5.11 Å². The average molecular weight is 284 g/mol. The minimum atomic E-state index is -3.85. The number of pyridine rings is 1. The number of nitrogens with zero attached hydrogens (tertiary/aromatic N) is 1. The molecule has 18 heavy (non-hydrogen) atoms. The van der Waals surface area contributed by atoms with Crippen molar-refractivity contribution in [3.63, 3.8) is 0 Å². The van der Waals surface area contributed by atoms with Crippen molar-refractivity contribution in [2.75, 3.05) is 0 Å². The summed E-state index contributed by atoms with van der Waals surface area (Å²) >= 11 is 0. The summed E-state index contributed by atoms with van der Waals surface area (Å²) in [6.07, 6.45) is 4.31. The van der Waals surface area contributed by atoms with Crippen LogP contribution in [0.5, 0.6) is 0 Å². The Morgan fingerprint density at radius 3 is 2.61 bits per heavy atom. The Hall–Kier alpha value is -1.17. The van der Waals surface area contributed by atoms with Crippen molar-refractivity contribution >= 4 is 30.5 Å². The summed E-state index contributed by atoms with van der Waals surface area (Å²) in [6.45, 7) is 0. The number of halogens is 1. The number of hydrogen-bond donors (Lipinski definition) is 1. The summed E-state index contributed by atoms with van der Waals surface area (Å²) in [5, 5.41) is 11.3. The van der Waals surface area contributed by atoms with Gasteiger partial charge in [0.25, 0.3) is 9.05 Å². The zero-order chi connectivity index (χ0) is 13.0. The normalized spacial score (nSPS) is 17.9.